The molecule has 6 heteroatoms. The molecule has 2 heterocycles. The monoisotopic (exact) mass is 290 g/mol. The largest absolute Gasteiger partial charge is 0.444 e. The lowest BCUT2D eigenvalue weighted by atomic mass is 10.3. The maximum Gasteiger partial charge on any atom is 0.272 e. The zero-order chi connectivity index (χ0) is 15.4. The van der Waals surface area contributed by atoms with E-state index in [1.165, 1.54) is 0 Å². The fraction of sp³-hybridized carbons (Fsp3) is 0.533. The molecule has 0 aliphatic heterocycles. The summed E-state index contributed by atoms with van der Waals surface area (Å²) in [6.45, 7) is 8.32. The Kier molecular flexibility index (Phi) is 4.77. The van der Waals surface area contributed by atoms with Gasteiger partial charge in [0.2, 0.25) is 0 Å². The molecular weight excluding hydrogens is 268 g/mol. The highest BCUT2D eigenvalue weighted by atomic mass is 16.4. The number of oxazole rings is 1. The number of hydrogen-bond donors (Lipinski definition) is 1. The van der Waals surface area contributed by atoms with Crippen LogP contribution in [0.5, 0.6) is 0 Å². The highest BCUT2D eigenvalue weighted by Gasteiger charge is 2.13. The van der Waals surface area contributed by atoms with Crippen molar-refractivity contribution in [3.63, 3.8) is 0 Å². The van der Waals surface area contributed by atoms with Crippen LogP contribution in [0, 0.1) is 6.92 Å². The fourth-order valence-corrected chi connectivity index (χ4v) is 1.97. The number of nitrogens with zero attached hydrogens (tertiary/aromatic N) is 3. The Morgan fingerprint density at radius 2 is 2.24 bits per heavy atom. The van der Waals surface area contributed by atoms with Gasteiger partial charge >= 0.3 is 0 Å². The Balaban J connectivity index is 1.97. The number of aryl methyl sites for hydroxylation is 2. The summed E-state index contributed by atoms with van der Waals surface area (Å²) in [7, 11) is 0. The van der Waals surface area contributed by atoms with E-state index in [0.29, 0.717) is 18.0 Å². The first-order valence-corrected chi connectivity index (χ1v) is 7.29. The van der Waals surface area contributed by atoms with Crippen molar-refractivity contribution in [2.75, 3.05) is 0 Å². The Morgan fingerprint density at radius 1 is 1.48 bits per heavy atom. The van der Waals surface area contributed by atoms with E-state index in [9.17, 15) is 4.79 Å². The van der Waals surface area contributed by atoms with Gasteiger partial charge in [-0.1, -0.05) is 6.92 Å². The fourth-order valence-electron chi connectivity index (χ4n) is 1.97. The first-order chi connectivity index (χ1) is 10.0. The van der Waals surface area contributed by atoms with Crippen LogP contribution in [0.15, 0.2) is 16.7 Å². The zero-order valence-electron chi connectivity index (χ0n) is 13.0. The van der Waals surface area contributed by atoms with Crippen LogP contribution < -0.4 is 5.32 Å². The van der Waals surface area contributed by atoms with Crippen LogP contribution in [-0.2, 0) is 13.0 Å². The number of nitrogens with one attached hydrogen (secondary N) is 1. The molecule has 0 fully saturated rings. The SMILES string of the molecule is CCCc1nc(C)c(CNC(=O)c2ccn(C(C)C)n2)o1. The minimum absolute atomic E-state index is 0.206. The van der Waals surface area contributed by atoms with E-state index < -0.39 is 0 Å². The number of rotatable bonds is 6. The molecule has 2 rings (SSSR count). The van der Waals surface area contributed by atoms with E-state index in [4.69, 9.17) is 4.42 Å². The molecule has 2 aromatic rings. The molecule has 0 atom stereocenters. The Bertz CT molecular complexity index is 613. The van der Waals surface area contributed by atoms with E-state index in [1.54, 1.807) is 16.9 Å². The molecule has 0 radical (unpaired) electrons. The van der Waals surface area contributed by atoms with Crippen LogP contribution >= 0.6 is 0 Å². The molecule has 0 aliphatic rings. The predicted octanol–water partition coefficient (Wildman–Crippen LogP) is 2.64. The van der Waals surface area contributed by atoms with Gasteiger partial charge in [-0.3, -0.25) is 9.48 Å². The molecule has 0 unspecified atom stereocenters. The maximum atomic E-state index is 12.0. The molecule has 2 aromatic heterocycles. The molecule has 0 spiro atoms. The van der Waals surface area contributed by atoms with E-state index in [2.05, 4.69) is 22.3 Å². The topological polar surface area (TPSA) is 73.0 Å². The molecule has 0 saturated heterocycles. The van der Waals surface area contributed by atoms with Crippen molar-refractivity contribution in [2.45, 2.75) is 53.1 Å². The van der Waals surface area contributed by atoms with Crippen LogP contribution in [0.2, 0.25) is 0 Å². The van der Waals surface area contributed by atoms with Gasteiger partial charge < -0.3 is 9.73 Å². The first kappa shape index (κ1) is 15.3. The van der Waals surface area contributed by atoms with Gasteiger partial charge in [-0.2, -0.15) is 5.10 Å². The summed E-state index contributed by atoms with van der Waals surface area (Å²) in [6.07, 6.45) is 3.60. The molecule has 1 N–H and O–H groups in total. The molecule has 0 aliphatic carbocycles. The van der Waals surface area contributed by atoms with E-state index >= 15 is 0 Å². The molecule has 1 amide bonds. The van der Waals surface area contributed by atoms with Crippen LogP contribution in [0.3, 0.4) is 0 Å². The average molecular weight is 290 g/mol. The van der Waals surface area contributed by atoms with Crippen LogP contribution in [0.1, 0.15) is 61.1 Å². The molecular formula is C15H22N4O2. The van der Waals surface area contributed by atoms with Gasteiger partial charge in [0.05, 0.1) is 12.2 Å². The smallest absolute Gasteiger partial charge is 0.272 e. The van der Waals surface area contributed by atoms with Gasteiger partial charge in [0.1, 0.15) is 11.5 Å². The Hall–Kier alpha value is -2.11. The Labute approximate surface area is 124 Å². The number of hydrogen-bond acceptors (Lipinski definition) is 4. The summed E-state index contributed by atoms with van der Waals surface area (Å²) in [5.41, 5.74) is 1.24. The minimum atomic E-state index is -0.206. The second kappa shape index (κ2) is 6.56. The van der Waals surface area contributed by atoms with Crippen molar-refractivity contribution in [3.8, 4) is 0 Å². The second-order valence-electron chi connectivity index (χ2n) is 5.32. The van der Waals surface area contributed by atoms with Gasteiger partial charge in [-0.15, -0.1) is 0 Å². The summed E-state index contributed by atoms with van der Waals surface area (Å²) in [6, 6.07) is 1.95. The van der Waals surface area contributed by atoms with Crippen LogP contribution in [0.25, 0.3) is 0 Å². The summed E-state index contributed by atoms with van der Waals surface area (Å²) >= 11 is 0. The lowest BCUT2D eigenvalue weighted by Crippen LogP contribution is -2.23. The van der Waals surface area contributed by atoms with Crippen LogP contribution in [0.4, 0.5) is 0 Å². The molecule has 0 saturated carbocycles. The normalized spacial score (nSPS) is 11.1. The van der Waals surface area contributed by atoms with Gasteiger partial charge in [0, 0.05) is 18.7 Å². The number of carbonyl (C=O) groups excluding carboxylic acids is 1. The first-order valence-electron chi connectivity index (χ1n) is 7.29. The number of aromatic nitrogens is 3. The van der Waals surface area contributed by atoms with Crippen molar-refractivity contribution >= 4 is 5.91 Å². The van der Waals surface area contributed by atoms with Gasteiger partial charge in [-0.05, 0) is 33.3 Å². The van der Waals surface area contributed by atoms with Gasteiger partial charge in [0.15, 0.2) is 5.89 Å². The number of amides is 1. The van der Waals surface area contributed by atoms with Crippen LogP contribution in [-0.4, -0.2) is 20.7 Å². The molecule has 6 nitrogen and oxygen atoms in total. The van der Waals surface area contributed by atoms with Crippen molar-refractivity contribution in [2.24, 2.45) is 0 Å². The van der Waals surface area contributed by atoms with E-state index in [0.717, 1.165) is 24.4 Å². The number of carbonyl (C=O) groups is 1. The highest BCUT2D eigenvalue weighted by molar-refractivity contribution is 5.92. The van der Waals surface area contributed by atoms with Crippen molar-refractivity contribution < 1.29 is 9.21 Å². The lowest BCUT2D eigenvalue weighted by molar-refractivity contribution is 0.0941. The van der Waals surface area contributed by atoms with E-state index in [-0.39, 0.29) is 11.9 Å². The molecule has 0 bridgehead atoms. The molecule has 114 valence electrons. The summed E-state index contributed by atoms with van der Waals surface area (Å²) < 4.78 is 7.39. The third-order valence-corrected chi connectivity index (χ3v) is 3.18. The molecule has 21 heavy (non-hydrogen) atoms. The highest BCUT2D eigenvalue weighted by Crippen LogP contribution is 2.12. The predicted molar refractivity (Wildman–Crippen MR) is 79.0 cm³/mol. The second-order valence-corrected chi connectivity index (χ2v) is 5.32. The lowest BCUT2D eigenvalue weighted by Gasteiger charge is -2.04. The standard InChI is InChI=1S/C15H22N4O2/c1-5-6-14-17-11(4)13(21-14)9-16-15(20)12-7-8-19(18-12)10(2)3/h7-8,10H,5-6,9H2,1-4H3,(H,16,20). The average Bonchev–Trinajstić information content (AvgIpc) is 3.04. The quantitative estimate of drug-likeness (QED) is 0.887. The Morgan fingerprint density at radius 3 is 2.86 bits per heavy atom. The van der Waals surface area contributed by atoms with Crippen molar-refractivity contribution in [1.29, 1.82) is 0 Å². The summed E-state index contributed by atoms with van der Waals surface area (Å²) in [5, 5.41) is 7.05. The van der Waals surface area contributed by atoms with E-state index in [1.807, 2.05) is 20.8 Å². The molecule has 0 aromatic carbocycles. The maximum absolute atomic E-state index is 12.0. The van der Waals surface area contributed by atoms with Crippen molar-refractivity contribution in [3.05, 3.63) is 35.3 Å². The van der Waals surface area contributed by atoms with Crippen molar-refractivity contribution in [1.82, 2.24) is 20.1 Å². The third-order valence-electron chi connectivity index (χ3n) is 3.18. The van der Waals surface area contributed by atoms with Gasteiger partial charge in [0.25, 0.3) is 5.91 Å². The zero-order valence-corrected chi connectivity index (χ0v) is 13.0. The summed E-state index contributed by atoms with van der Waals surface area (Å²) in [5.74, 6) is 1.22. The van der Waals surface area contributed by atoms with Gasteiger partial charge in [-0.25, -0.2) is 4.98 Å². The minimum Gasteiger partial charge on any atom is -0.444 e. The summed E-state index contributed by atoms with van der Waals surface area (Å²) in [4.78, 5) is 16.4. The third kappa shape index (κ3) is 3.71.